The molecule has 1 saturated carbocycles. The highest BCUT2D eigenvalue weighted by Gasteiger charge is 2.38. The van der Waals surface area contributed by atoms with Gasteiger partial charge in [-0.2, -0.15) is 0 Å². The van der Waals surface area contributed by atoms with Crippen molar-refractivity contribution in [2.24, 2.45) is 5.41 Å². The van der Waals surface area contributed by atoms with Crippen LogP contribution in [0.1, 0.15) is 52.9 Å². The monoisotopic (exact) mass is 238 g/mol. The molecule has 1 aliphatic carbocycles. The van der Waals surface area contributed by atoms with Gasteiger partial charge in [-0.3, -0.25) is 4.79 Å². The van der Waals surface area contributed by atoms with Crippen molar-refractivity contribution in [1.82, 2.24) is 10.2 Å². The third kappa shape index (κ3) is 2.82. The van der Waals surface area contributed by atoms with Crippen molar-refractivity contribution in [2.75, 3.05) is 13.1 Å². The highest BCUT2D eigenvalue weighted by molar-refractivity contribution is 5.84. The van der Waals surface area contributed by atoms with Crippen LogP contribution in [0.3, 0.4) is 0 Å². The quantitative estimate of drug-likeness (QED) is 0.817. The first-order valence-corrected chi connectivity index (χ1v) is 7.07. The van der Waals surface area contributed by atoms with Crippen molar-refractivity contribution in [3.8, 4) is 0 Å². The predicted octanol–water partition coefficient (Wildman–Crippen LogP) is 2.17. The minimum atomic E-state index is 0.0925. The molecule has 3 nitrogen and oxygen atoms in total. The number of nitrogens with zero attached hydrogens (tertiary/aromatic N) is 1. The summed E-state index contributed by atoms with van der Waals surface area (Å²) in [5.41, 5.74) is 0.486. The van der Waals surface area contributed by atoms with E-state index in [-0.39, 0.29) is 6.04 Å². The van der Waals surface area contributed by atoms with Gasteiger partial charge in [-0.25, -0.2) is 0 Å². The number of nitrogens with one attached hydrogen (secondary N) is 1. The zero-order valence-corrected chi connectivity index (χ0v) is 11.5. The number of hydrogen-bond donors (Lipinski definition) is 1. The molecular weight excluding hydrogens is 212 g/mol. The van der Waals surface area contributed by atoms with E-state index in [0.29, 0.717) is 17.4 Å². The van der Waals surface area contributed by atoms with Crippen molar-refractivity contribution in [2.45, 2.75) is 65.0 Å². The minimum absolute atomic E-state index is 0.0925. The van der Waals surface area contributed by atoms with E-state index in [1.807, 2.05) is 0 Å². The Hall–Kier alpha value is -0.570. The van der Waals surface area contributed by atoms with Crippen LogP contribution >= 0.6 is 0 Å². The molecule has 0 radical (unpaired) electrons. The molecule has 98 valence electrons. The van der Waals surface area contributed by atoms with E-state index in [1.54, 1.807) is 0 Å². The summed E-state index contributed by atoms with van der Waals surface area (Å²) in [5.74, 6) is 0.344. The molecule has 17 heavy (non-hydrogen) atoms. The Kier molecular flexibility index (Phi) is 3.76. The van der Waals surface area contributed by atoms with Gasteiger partial charge in [-0.05, 0) is 44.1 Å². The molecule has 1 N–H and O–H groups in total. The van der Waals surface area contributed by atoms with Crippen LogP contribution in [0, 0.1) is 5.41 Å². The fourth-order valence-corrected chi connectivity index (χ4v) is 3.20. The first-order valence-electron chi connectivity index (χ1n) is 7.07. The average molecular weight is 238 g/mol. The summed E-state index contributed by atoms with van der Waals surface area (Å²) in [4.78, 5) is 14.4. The van der Waals surface area contributed by atoms with E-state index in [9.17, 15) is 4.79 Å². The van der Waals surface area contributed by atoms with Crippen LogP contribution in [0.5, 0.6) is 0 Å². The Morgan fingerprint density at radius 2 is 1.94 bits per heavy atom. The van der Waals surface area contributed by atoms with Gasteiger partial charge < -0.3 is 10.2 Å². The van der Waals surface area contributed by atoms with Crippen molar-refractivity contribution in [3.63, 3.8) is 0 Å². The first kappa shape index (κ1) is 12.9. The standard InChI is InChI=1S/C14H26N2O/c1-4-15-12-7-10-16(13(12)17)11-5-8-14(2,3)9-6-11/h11-12,15H,4-10H2,1-3H3. The summed E-state index contributed by atoms with van der Waals surface area (Å²) in [5, 5.41) is 3.29. The maximum atomic E-state index is 12.2. The number of hydrogen-bond acceptors (Lipinski definition) is 2. The van der Waals surface area contributed by atoms with Gasteiger partial charge in [0.1, 0.15) is 0 Å². The van der Waals surface area contributed by atoms with Crippen molar-refractivity contribution in [3.05, 3.63) is 0 Å². The first-order chi connectivity index (χ1) is 8.03. The fraction of sp³-hybridized carbons (Fsp3) is 0.929. The van der Waals surface area contributed by atoms with Crippen LogP contribution in [0.2, 0.25) is 0 Å². The largest absolute Gasteiger partial charge is 0.338 e. The van der Waals surface area contributed by atoms with E-state index in [4.69, 9.17) is 0 Å². The molecule has 1 saturated heterocycles. The molecule has 3 heteroatoms. The number of likely N-dealkylation sites (N-methyl/N-ethyl adjacent to an activating group) is 1. The Morgan fingerprint density at radius 1 is 1.29 bits per heavy atom. The third-order valence-corrected chi connectivity index (χ3v) is 4.44. The van der Waals surface area contributed by atoms with Gasteiger partial charge in [0.05, 0.1) is 6.04 Å². The Bertz CT molecular complexity index is 278. The van der Waals surface area contributed by atoms with Crippen LogP contribution in [-0.4, -0.2) is 36.0 Å². The van der Waals surface area contributed by atoms with Crippen LogP contribution in [0.25, 0.3) is 0 Å². The van der Waals surface area contributed by atoms with E-state index >= 15 is 0 Å². The molecule has 1 aliphatic heterocycles. The number of amides is 1. The highest BCUT2D eigenvalue weighted by atomic mass is 16.2. The van der Waals surface area contributed by atoms with Crippen molar-refractivity contribution in [1.29, 1.82) is 0 Å². The average Bonchev–Trinajstić information content (AvgIpc) is 2.62. The van der Waals surface area contributed by atoms with Gasteiger partial charge in [0.25, 0.3) is 0 Å². The van der Waals surface area contributed by atoms with E-state index < -0.39 is 0 Å². The molecule has 1 unspecified atom stereocenters. The van der Waals surface area contributed by atoms with E-state index in [2.05, 4.69) is 31.0 Å². The molecular formula is C14H26N2O. The lowest BCUT2D eigenvalue weighted by Gasteiger charge is -2.38. The van der Waals surface area contributed by atoms with E-state index in [1.165, 1.54) is 25.7 Å². The second-order valence-corrected chi connectivity index (χ2v) is 6.33. The van der Waals surface area contributed by atoms with Crippen LogP contribution in [0.15, 0.2) is 0 Å². The maximum Gasteiger partial charge on any atom is 0.240 e. The Labute approximate surface area is 105 Å². The summed E-state index contributed by atoms with van der Waals surface area (Å²) >= 11 is 0. The minimum Gasteiger partial charge on any atom is -0.338 e. The molecule has 1 atom stereocenters. The zero-order valence-electron chi connectivity index (χ0n) is 11.5. The van der Waals surface area contributed by atoms with Gasteiger partial charge in [0.2, 0.25) is 5.91 Å². The topological polar surface area (TPSA) is 32.3 Å². The molecule has 1 heterocycles. The molecule has 0 bridgehead atoms. The summed E-state index contributed by atoms with van der Waals surface area (Å²) in [6.07, 6.45) is 5.89. The smallest absolute Gasteiger partial charge is 0.240 e. The molecule has 1 amide bonds. The lowest BCUT2D eigenvalue weighted by Crippen LogP contribution is -2.44. The summed E-state index contributed by atoms with van der Waals surface area (Å²) in [6, 6.07) is 0.606. The van der Waals surface area contributed by atoms with Gasteiger partial charge in [-0.15, -0.1) is 0 Å². The fourth-order valence-electron chi connectivity index (χ4n) is 3.20. The maximum absolute atomic E-state index is 12.2. The molecule has 0 aromatic rings. The number of carbonyl (C=O) groups excluding carboxylic acids is 1. The lowest BCUT2D eigenvalue weighted by molar-refractivity contribution is -0.132. The predicted molar refractivity (Wildman–Crippen MR) is 69.8 cm³/mol. The second-order valence-electron chi connectivity index (χ2n) is 6.33. The molecule has 0 spiro atoms. The molecule has 2 aliphatic rings. The molecule has 2 rings (SSSR count). The second kappa shape index (κ2) is 4.97. The van der Waals surface area contributed by atoms with Gasteiger partial charge in [0.15, 0.2) is 0 Å². The van der Waals surface area contributed by atoms with Crippen LogP contribution < -0.4 is 5.32 Å². The Balaban J connectivity index is 1.90. The summed E-state index contributed by atoms with van der Waals surface area (Å²) in [7, 11) is 0. The summed E-state index contributed by atoms with van der Waals surface area (Å²) in [6.45, 7) is 8.61. The van der Waals surface area contributed by atoms with Crippen LogP contribution in [-0.2, 0) is 4.79 Å². The molecule has 0 aromatic carbocycles. The zero-order chi connectivity index (χ0) is 12.5. The third-order valence-electron chi connectivity index (χ3n) is 4.44. The van der Waals surface area contributed by atoms with Gasteiger partial charge in [0, 0.05) is 12.6 Å². The van der Waals surface area contributed by atoms with Crippen LogP contribution in [0.4, 0.5) is 0 Å². The number of carbonyl (C=O) groups is 1. The normalized spacial score (nSPS) is 29.9. The highest BCUT2D eigenvalue weighted by Crippen LogP contribution is 2.37. The number of likely N-dealkylation sites (tertiary alicyclic amines) is 1. The summed E-state index contributed by atoms with van der Waals surface area (Å²) < 4.78 is 0. The lowest BCUT2D eigenvalue weighted by atomic mass is 9.75. The van der Waals surface area contributed by atoms with Gasteiger partial charge >= 0.3 is 0 Å². The SMILES string of the molecule is CCNC1CCN(C2CCC(C)(C)CC2)C1=O. The van der Waals surface area contributed by atoms with E-state index in [0.717, 1.165) is 19.5 Å². The van der Waals surface area contributed by atoms with Crippen molar-refractivity contribution < 1.29 is 4.79 Å². The Morgan fingerprint density at radius 3 is 2.53 bits per heavy atom. The van der Waals surface area contributed by atoms with Gasteiger partial charge in [-0.1, -0.05) is 20.8 Å². The molecule has 0 aromatic heterocycles. The number of rotatable bonds is 3. The molecule has 2 fully saturated rings. The van der Waals surface area contributed by atoms with Crippen molar-refractivity contribution >= 4 is 5.91 Å².